The van der Waals surface area contributed by atoms with E-state index in [1.54, 1.807) is 7.05 Å². The Labute approximate surface area is 126 Å². The van der Waals surface area contributed by atoms with Gasteiger partial charge in [-0.1, -0.05) is 29.8 Å². The van der Waals surface area contributed by atoms with Gasteiger partial charge < -0.3 is 15.5 Å². The molecule has 2 rings (SSSR count). The Balaban J connectivity index is 1.80. The first-order valence-electron chi connectivity index (χ1n) is 7.09. The third-order valence-corrected chi connectivity index (χ3v) is 4.17. The minimum atomic E-state index is 0.605. The van der Waals surface area contributed by atoms with Crippen LogP contribution in [-0.4, -0.2) is 44.1 Å². The number of nitrogens with zero attached hydrogens (tertiary/aromatic N) is 2. The van der Waals surface area contributed by atoms with E-state index < -0.39 is 0 Å². The quantitative estimate of drug-likeness (QED) is 0.660. The number of nitrogens with one attached hydrogen (secondary N) is 2. The fraction of sp³-hybridized carbons (Fsp3) is 0.533. The van der Waals surface area contributed by atoms with Crippen LogP contribution in [0.2, 0.25) is 5.02 Å². The monoisotopic (exact) mass is 294 g/mol. The fourth-order valence-corrected chi connectivity index (χ4v) is 2.70. The van der Waals surface area contributed by atoms with Gasteiger partial charge >= 0.3 is 0 Å². The zero-order valence-corrected chi connectivity index (χ0v) is 13.0. The molecule has 2 N–H and O–H groups in total. The lowest BCUT2D eigenvalue weighted by Gasteiger charge is -2.21. The van der Waals surface area contributed by atoms with E-state index in [1.165, 1.54) is 19.4 Å². The Morgan fingerprint density at radius 2 is 2.20 bits per heavy atom. The summed E-state index contributed by atoms with van der Waals surface area (Å²) in [6.07, 6.45) is 2.54. The van der Waals surface area contributed by atoms with E-state index in [2.05, 4.69) is 27.6 Å². The molecular formula is C15H23ClN4. The summed E-state index contributed by atoms with van der Waals surface area (Å²) in [5.74, 6) is 0.824. The lowest BCUT2D eigenvalue weighted by molar-refractivity contribution is 0.309. The Morgan fingerprint density at radius 1 is 1.40 bits per heavy atom. The first-order valence-corrected chi connectivity index (χ1v) is 7.46. The largest absolute Gasteiger partial charge is 0.355 e. The van der Waals surface area contributed by atoms with Crippen LogP contribution in [0.4, 0.5) is 0 Å². The van der Waals surface area contributed by atoms with E-state index in [1.807, 2.05) is 24.3 Å². The first-order chi connectivity index (χ1) is 9.70. The van der Waals surface area contributed by atoms with Crippen molar-refractivity contribution in [2.24, 2.45) is 4.99 Å². The maximum absolute atomic E-state index is 6.14. The standard InChI is InChI=1S/C15H23ClN4/c1-17-15(19-11-13-7-5-9-20(13)2)18-10-12-6-3-4-8-14(12)16/h3-4,6,8,13H,5,7,9-11H2,1-2H3,(H2,17,18,19). The molecule has 1 heterocycles. The number of hydrogen-bond donors (Lipinski definition) is 2. The molecular weight excluding hydrogens is 272 g/mol. The molecule has 1 unspecified atom stereocenters. The van der Waals surface area contributed by atoms with Gasteiger partial charge in [-0.25, -0.2) is 0 Å². The Morgan fingerprint density at radius 3 is 2.85 bits per heavy atom. The summed E-state index contributed by atoms with van der Waals surface area (Å²) in [4.78, 5) is 6.65. The fourth-order valence-electron chi connectivity index (χ4n) is 2.49. The molecule has 0 saturated carbocycles. The van der Waals surface area contributed by atoms with E-state index in [4.69, 9.17) is 11.6 Å². The van der Waals surface area contributed by atoms with Gasteiger partial charge in [0.2, 0.25) is 0 Å². The smallest absolute Gasteiger partial charge is 0.191 e. The number of likely N-dealkylation sites (tertiary alicyclic amines) is 1. The van der Waals surface area contributed by atoms with Crippen molar-refractivity contribution < 1.29 is 0 Å². The minimum absolute atomic E-state index is 0.605. The van der Waals surface area contributed by atoms with E-state index in [0.29, 0.717) is 12.6 Å². The number of likely N-dealkylation sites (N-methyl/N-ethyl adjacent to an activating group) is 1. The zero-order valence-electron chi connectivity index (χ0n) is 12.2. The molecule has 5 heteroatoms. The van der Waals surface area contributed by atoms with E-state index >= 15 is 0 Å². The molecule has 1 fully saturated rings. The summed E-state index contributed by atoms with van der Waals surface area (Å²) in [6.45, 7) is 2.80. The van der Waals surface area contributed by atoms with Gasteiger partial charge in [0, 0.05) is 31.2 Å². The number of benzene rings is 1. The number of aliphatic imine (C=N–C) groups is 1. The molecule has 1 aromatic rings. The Hall–Kier alpha value is -1.26. The highest BCUT2D eigenvalue weighted by molar-refractivity contribution is 6.31. The molecule has 110 valence electrons. The molecule has 1 aromatic carbocycles. The van der Waals surface area contributed by atoms with Crippen LogP contribution in [0.25, 0.3) is 0 Å². The average Bonchev–Trinajstić information content (AvgIpc) is 2.86. The molecule has 1 atom stereocenters. The molecule has 0 amide bonds. The summed E-state index contributed by atoms with van der Waals surface area (Å²) >= 11 is 6.14. The van der Waals surface area contributed by atoms with Gasteiger partial charge in [0.05, 0.1) is 0 Å². The second-order valence-corrected chi connectivity index (χ2v) is 5.58. The van der Waals surface area contributed by atoms with Crippen LogP contribution in [0.3, 0.4) is 0 Å². The summed E-state index contributed by atoms with van der Waals surface area (Å²) < 4.78 is 0. The molecule has 0 aromatic heterocycles. The van der Waals surface area contributed by atoms with Crippen LogP contribution < -0.4 is 10.6 Å². The van der Waals surface area contributed by atoms with E-state index in [9.17, 15) is 0 Å². The van der Waals surface area contributed by atoms with Crippen molar-refractivity contribution in [2.45, 2.75) is 25.4 Å². The van der Waals surface area contributed by atoms with Crippen LogP contribution in [0.5, 0.6) is 0 Å². The van der Waals surface area contributed by atoms with Crippen molar-refractivity contribution in [1.29, 1.82) is 0 Å². The number of guanidine groups is 1. The molecule has 1 aliphatic heterocycles. The second kappa shape index (κ2) is 7.50. The predicted octanol–water partition coefficient (Wildman–Crippen LogP) is 2.10. The lowest BCUT2D eigenvalue weighted by atomic mass is 10.2. The lowest BCUT2D eigenvalue weighted by Crippen LogP contribution is -2.43. The van der Waals surface area contributed by atoms with Crippen LogP contribution in [-0.2, 0) is 6.54 Å². The summed E-state index contributed by atoms with van der Waals surface area (Å²) in [6, 6.07) is 8.46. The van der Waals surface area contributed by atoms with Crippen LogP contribution in [0, 0.1) is 0 Å². The molecule has 0 radical (unpaired) electrons. The maximum Gasteiger partial charge on any atom is 0.191 e. The summed E-state index contributed by atoms with van der Waals surface area (Å²) in [7, 11) is 3.97. The van der Waals surface area contributed by atoms with Gasteiger partial charge in [0.15, 0.2) is 5.96 Å². The van der Waals surface area contributed by atoms with Gasteiger partial charge in [-0.15, -0.1) is 0 Å². The van der Waals surface area contributed by atoms with Crippen molar-refractivity contribution in [3.05, 3.63) is 34.9 Å². The third kappa shape index (κ3) is 4.12. The van der Waals surface area contributed by atoms with Crippen LogP contribution in [0.15, 0.2) is 29.3 Å². The maximum atomic E-state index is 6.14. The molecule has 1 aliphatic rings. The topological polar surface area (TPSA) is 39.7 Å². The number of halogens is 1. The van der Waals surface area contributed by atoms with Gasteiger partial charge in [-0.05, 0) is 38.1 Å². The second-order valence-electron chi connectivity index (χ2n) is 5.17. The van der Waals surface area contributed by atoms with Crippen molar-refractivity contribution >= 4 is 17.6 Å². The number of rotatable bonds is 4. The van der Waals surface area contributed by atoms with E-state index in [0.717, 1.165) is 23.1 Å². The van der Waals surface area contributed by atoms with Gasteiger partial charge in [-0.3, -0.25) is 4.99 Å². The molecule has 0 aliphatic carbocycles. The first kappa shape index (κ1) is 15.1. The van der Waals surface area contributed by atoms with Crippen molar-refractivity contribution in [3.8, 4) is 0 Å². The normalized spacial score (nSPS) is 20.1. The van der Waals surface area contributed by atoms with E-state index in [-0.39, 0.29) is 0 Å². The Kier molecular flexibility index (Phi) is 5.68. The average molecular weight is 295 g/mol. The Bertz CT molecular complexity index is 461. The highest BCUT2D eigenvalue weighted by Crippen LogP contribution is 2.14. The molecule has 1 saturated heterocycles. The van der Waals surface area contributed by atoms with Crippen molar-refractivity contribution in [1.82, 2.24) is 15.5 Å². The summed E-state index contributed by atoms with van der Waals surface area (Å²) in [5.41, 5.74) is 1.08. The summed E-state index contributed by atoms with van der Waals surface area (Å²) in [5, 5.41) is 7.47. The SMILES string of the molecule is CN=C(NCc1ccccc1Cl)NCC1CCCN1C. The zero-order chi connectivity index (χ0) is 14.4. The van der Waals surface area contributed by atoms with Gasteiger partial charge in [0.1, 0.15) is 0 Å². The van der Waals surface area contributed by atoms with Gasteiger partial charge in [0.25, 0.3) is 0 Å². The predicted molar refractivity (Wildman–Crippen MR) is 85.3 cm³/mol. The van der Waals surface area contributed by atoms with Crippen LogP contribution in [0.1, 0.15) is 18.4 Å². The van der Waals surface area contributed by atoms with Crippen molar-refractivity contribution in [3.63, 3.8) is 0 Å². The minimum Gasteiger partial charge on any atom is -0.355 e. The molecule has 20 heavy (non-hydrogen) atoms. The third-order valence-electron chi connectivity index (χ3n) is 3.80. The molecule has 0 spiro atoms. The highest BCUT2D eigenvalue weighted by atomic mass is 35.5. The van der Waals surface area contributed by atoms with Gasteiger partial charge in [-0.2, -0.15) is 0 Å². The molecule has 4 nitrogen and oxygen atoms in total. The van der Waals surface area contributed by atoms with Crippen LogP contribution >= 0.6 is 11.6 Å². The highest BCUT2D eigenvalue weighted by Gasteiger charge is 2.20. The molecule has 0 bridgehead atoms. The number of hydrogen-bond acceptors (Lipinski definition) is 2. The van der Waals surface area contributed by atoms with Crippen molar-refractivity contribution in [2.75, 3.05) is 27.2 Å².